The van der Waals surface area contributed by atoms with Crippen LogP contribution in [-0.4, -0.2) is 25.4 Å². The lowest BCUT2D eigenvalue weighted by molar-refractivity contribution is -0.139. The fourth-order valence-electron chi connectivity index (χ4n) is 3.39. The number of carbonyl (C=O) groups is 2. The van der Waals surface area contributed by atoms with Crippen LogP contribution in [0.15, 0.2) is 84.4 Å². The second-order valence-corrected chi connectivity index (χ2v) is 10.3. The number of carbonyl (C=O) groups excluding carboxylic acids is 1. The first-order valence-electron chi connectivity index (χ1n) is 9.64. The first-order valence-corrected chi connectivity index (χ1v) is 11.6. The predicted octanol–water partition coefficient (Wildman–Crippen LogP) is 3.04. The van der Waals surface area contributed by atoms with Crippen molar-refractivity contribution < 1.29 is 32.3 Å². The number of rotatable bonds is 7. The third kappa shape index (κ3) is 4.81. The molecule has 8 heteroatoms. The Morgan fingerprint density at radius 1 is 0.781 bits per heavy atom. The van der Waals surface area contributed by atoms with Crippen LogP contribution in [0.1, 0.15) is 13.3 Å². The van der Waals surface area contributed by atoms with E-state index in [1.807, 2.05) is 0 Å². The number of hydrogen-bond donors (Lipinski definition) is 1. The van der Waals surface area contributed by atoms with Crippen LogP contribution >= 0.6 is 0 Å². The van der Waals surface area contributed by atoms with E-state index in [1.54, 1.807) is 0 Å². The van der Waals surface area contributed by atoms with Crippen molar-refractivity contribution in [3.05, 3.63) is 102 Å². The first kappa shape index (κ1) is 23.0. The summed E-state index contributed by atoms with van der Waals surface area (Å²) in [5.74, 6) is -3.63. The Balaban J connectivity index is 2.28. The molecule has 0 heterocycles. The molecule has 1 N–H and O–H groups in total. The molecule has 3 rings (SSSR count). The Bertz CT molecular complexity index is 1030. The van der Waals surface area contributed by atoms with E-state index in [1.165, 1.54) is 85.8 Å². The molecule has 0 aliphatic rings. The number of halogens is 3. The van der Waals surface area contributed by atoms with E-state index in [0.717, 1.165) is 0 Å². The van der Waals surface area contributed by atoms with E-state index in [2.05, 4.69) is 0 Å². The minimum Gasteiger partial charge on any atom is -0.502 e. The zero-order valence-corrected chi connectivity index (χ0v) is 18.0. The van der Waals surface area contributed by atoms with Crippen LogP contribution < -0.4 is 15.6 Å². The van der Waals surface area contributed by atoms with Crippen LogP contribution in [0.5, 0.6) is 0 Å². The molecule has 0 aromatic heterocycles. The SMILES string of the molecule is CC=C(CC(=O)O)C(=O)O[Si](c1ccc(F)cc1)(c1ccc(F)cc1)c1ccc(F)cc1. The van der Waals surface area contributed by atoms with Crippen molar-refractivity contribution in [1.29, 1.82) is 0 Å². The second kappa shape index (κ2) is 9.65. The van der Waals surface area contributed by atoms with Crippen molar-refractivity contribution in [2.45, 2.75) is 13.3 Å². The number of aliphatic carboxylic acids is 1. The average molecular weight is 456 g/mol. The molecular formula is C24H19F3O4Si. The van der Waals surface area contributed by atoms with E-state index in [4.69, 9.17) is 9.53 Å². The molecule has 0 amide bonds. The topological polar surface area (TPSA) is 63.6 Å². The molecule has 0 atom stereocenters. The summed E-state index contributed by atoms with van der Waals surface area (Å²) >= 11 is 0. The quantitative estimate of drug-likeness (QED) is 0.337. The monoisotopic (exact) mass is 456 g/mol. The molecule has 0 saturated heterocycles. The van der Waals surface area contributed by atoms with Crippen LogP contribution in [-0.2, 0) is 14.0 Å². The highest BCUT2D eigenvalue weighted by Gasteiger charge is 2.46. The summed E-state index contributed by atoms with van der Waals surface area (Å²) in [7, 11) is -3.77. The van der Waals surface area contributed by atoms with Crippen molar-refractivity contribution in [1.82, 2.24) is 0 Å². The van der Waals surface area contributed by atoms with Crippen molar-refractivity contribution >= 4 is 35.8 Å². The zero-order chi connectivity index (χ0) is 23.3. The fraction of sp³-hybridized carbons (Fsp3) is 0.0833. The van der Waals surface area contributed by atoms with Gasteiger partial charge in [0.2, 0.25) is 0 Å². The summed E-state index contributed by atoms with van der Waals surface area (Å²) in [6, 6.07) is 15.9. The molecular weight excluding hydrogens is 437 g/mol. The molecule has 164 valence electrons. The van der Waals surface area contributed by atoms with Gasteiger partial charge in [-0.05, 0) is 58.9 Å². The molecule has 0 bridgehead atoms. The molecule has 0 spiro atoms. The van der Waals surface area contributed by atoms with E-state index in [9.17, 15) is 22.8 Å². The molecule has 0 saturated carbocycles. The summed E-state index contributed by atoms with van der Waals surface area (Å²) < 4.78 is 47.2. The van der Waals surface area contributed by atoms with Gasteiger partial charge in [0.1, 0.15) is 17.5 Å². The third-order valence-corrected chi connectivity index (χ3v) is 8.88. The zero-order valence-electron chi connectivity index (χ0n) is 17.0. The van der Waals surface area contributed by atoms with Crippen LogP contribution in [0.25, 0.3) is 0 Å². The van der Waals surface area contributed by atoms with Crippen molar-refractivity contribution in [2.75, 3.05) is 0 Å². The molecule has 0 fully saturated rings. The highest BCUT2D eigenvalue weighted by molar-refractivity contribution is 7.07. The normalized spacial score (nSPS) is 11.8. The highest BCUT2D eigenvalue weighted by Crippen LogP contribution is 2.15. The van der Waals surface area contributed by atoms with E-state index < -0.39 is 44.1 Å². The standard InChI is InChI=1S/C24H19F3O4Si/c1-2-16(15-23(28)29)24(30)31-32(20-9-3-17(25)4-10-20,21-11-5-18(26)6-12-21)22-13-7-19(27)8-14-22/h2-14H,15H2,1H3,(H,28,29). The van der Waals surface area contributed by atoms with Gasteiger partial charge in [-0.25, -0.2) is 18.0 Å². The third-order valence-electron chi connectivity index (χ3n) is 4.95. The summed E-state index contributed by atoms with van der Waals surface area (Å²) in [5, 5.41) is 10.5. The maximum atomic E-state index is 13.7. The van der Waals surface area contributed by atoms with Gasteiger partial charge in [0, 0.05) is 5.57 Å². The summed E-state index contributed by atoms with van der Waals surface area (Å²) in [4.78, 5) is 24.3. The van der Waals surface area contributed by atoms with Crippen LogP contribution in [0.4, 0.5) is 13.2 Å². The van der Waals surface area contributed by atoms with E-state index in [0.29, 0.717) is 15.6 Å². The maximum Gasteiger partial charge on any atom is 0.350 e. The Morgan fingerprint density at radius 3 is 1.41 bits per heavy atom. The smallest absolute Gasteiger partial charge is 0.350 e. The van der Waals surface area contributed by atoms with Crippen molar-refractivity contribution in [3.8, 4) is 0 Å². The van der Waals surface area contributed by atoms with Crippen LogP contribution in [0, 0.1) is 17.5 Å². The number of carboxylic acid groups (broad SMARTS) is 1. The van der Waals surface area contributed by atoms with Gasteiger partial charge in [-0.15, -0.1) is 0 Å². The molecule has 0 aliphatic heterocycles. The largest absolute Gasteiger partial charge is 0.502 e. The van der Waals surface area contributed by atoms with Gasteiger partial charge in [-0.1, -0.05) is 42.5 Å². The molecule has 3 aromatic carbocycles. The van der Waals surface area contributed by atoms with E-state index >= 15 is 0 Å². The number of benzene rings is 3. The Hall–Kier alpha value is -3.65. The second-order valence-electron chi connectivity index (χ2n) is 6.98. The van der Waals surface area contributed by atoms with Gasteiger partial charge in [0.15, 0.2) is 0 Å². The van der Waals surface area contributed by atoms with Gasteiger partial charge < -0.3 is 9.53 Å². The molecule has 32 heavy (non-hydrogen) atoms. The summed E-state index contributed by atoms with van der Waals surface area (Å²) in [6.45, 7) is 1.51. The minimum atomic E-state index is -3.77. The average Bonchev–Trinajstić information content (AvgIpc) is 2.77. The molecule has 0 unspecified atom stereocenters. The molecule has 0 radical (unpaired) electrons. The Morgan fingerprint density at radius 2 is 1.12 bits per heavy atom. The van der Waals surface area contributed by atoms with Gasteiger partial charge >= 0.3 is 20.3 Å². The van der Waals surface area contributed by atoms with Crippen LogP contribution in [0.2, 0.25) is 0 Å². The predicted molar refractivity (Wildman–Crippen MR) is 116 cm³/mol. The molecule has 0 aliphatic carbocycles. The minimum absolute atomic E-state index is 0.0827. The van der Waals surface area contributed by atoms with Crippen LogP contribution in [0.3, 0.4) is 0 Å². The van der Waals surface area contributed by atoms with Gasteiger partial charge in [0.25, 0.3) is 0 Å². The number of hydrogen-bond acceptors (Lipinski definition) is 3. The Labute approximate surface area is 183 Å². The van der Waals surface area contributed by atoms with Crippen molar-refractivity contribution in [2.24, 2.45) is 0 Å². The van der Waals surface area contributed by atoms with Crippen molar-refractivity contribution in [3.63, 3.8) is 0 Å². The Kier molecular flexibility index (Phi) is 6.94. The summed E-state index contributed by atoms with van der Waals surface area (Å²) in [5.41, 5.74) is -0.0827. The highest BCUT2D eigenvalue weighted by atomic mass is 28.4. The maximum absolute atomic E-state index is 13.7. The summed E-state index contributed by atoms with van der Waals surface area (Å²) in [6.07, 6.45) is 0.783. The fourth-order valence-corrected chi connectivity index (χ4v) is 7.06. The van der Waals surface area contributed by atoms with Gasteiger partial charge in [-0.3, -0.25) is 4.79 Å². The van der Waals surface area contributed by atoms with Gasteiger partial charge in [0.05, 0.1) is 6.42 Å². The number of allylic oxidation sites excluding steroid dienone is 1. The van der Waals surface area contributed by atoms with E-state index in [-0.39, 0.29) is 5.57 Å². The first-order chi connectivity index (χ1) is 15.3. The lowest BCUT2D eigenvalue weighted by Gasteiger charge is -2.32. The number of carboxylic acids is 1. The lowest BCUT2D eigenvalue weighted by atomic mass is 10.2. The van der Waals surface area contributed by atoms with Gasteiger partial charge in [-0.2, -0.15) is 0 Å². The molecule has 3 aromatic rings. The molecule has 4 nitrogen and oxygen atoms in total. The lowest BCUT2D eigenvalue weighted by Crippen LogP contribution is -2.70.